The minimum absolute atomic E-state index is 0.367. The molecule has 0 aromatic heterocycles. The molecule has 0 atom stereocenters. The third kappa shape index (κ3) is 3.45. The third-order valence-corrected chi connectivity index (χ3v) is 2.08. The lowest BCUT2D eigenvalue weighted by Crippen LogP contribution is -2.07. The van der Waals surface area contributed by atoms with E-state index in [1.165, 1.54) is 13.8 Å². The molecule has 0 aliphatic carbocycles. The van der Waals surface area contributed by atoms with E-state index in [2.05, 4.69) is 6.58 Å². The molecule has 0 spiro atoms. The monoisotopic (exact) mass is 234 g/mol. The summed E-state index contributed by atoms with van der Waals surface area (Å²) >= 11 is 0. The Morgan fingerprint density at radius 3 is 1.82 bits per heavy atom. The molecule has 0 N–H and O–H groups in total. The van der Waals surface area contributed by atoms with Gasteiger partial charge in [0.15, 0.2) is 0 Å². The Morgan fingerprint density at radius 2 is 1.53 bits per heavy atom. The van der Waals surface area contributed by atoms with Crippen LogP contribution in [0.1, 0.15) is 25.0 Å². The van der Waals surface area contributed by atoms with Crippen LogP contribution in [-0.4, -0.2) is 11.9 Å². The number of esters is 2. The van der Waals surface area contributed by atoms with E-state index in [1.807, 2.05) is 0 Å². The summed E-state index contributed by atoms with van der Waals surface area (Å²) in [6.07, 6.45) is 1.58. The van der Waals surface area contributed by atoms with E-state index in [1.54, 1.807) is 25.1 Å². The number of carbonyl (C=O) groups excluding carboxylic acids is 2. The standard InChI is InChI=1S/C13H14O4/c1-5-11-6-12(16-9(3)14)8(2)13(7-11)17-10(4)15/h5-7H,1H2,2-4H3. The van der Waals surface area contributed by atoms with Crippen molar-refractivity contribution in [3.63, 3.8) is 0 Å². The van der Waals surface area contributed by atoms with Crippen molar-refractivity contribution in [2.24, 2.45) is 0 Å². The summed E-state index contributed by atoms with van der Waals surface area (Å²) in [5.41, 5.74) is 1.31. The number of rotatable bonds is 3. The van der Waals surface area contributed by atoms with Crippen molar-refractivity contribution in [1.82, 2.24) is 0 Å². The first kappa shape index (κ1) is 13.0. The van der Waals surface area contributed by atoms with Crippen molar-refractivity contribution in [1.29, 1.82) is 0 Å². The number of hydrogen-bond donors (Lipinski definition) is 0. The van der Waals surface area contributed by atoms with Crippen molar-refractivity contribution < 1.29 is 19.1 Å². The lowest BCUT2D eigenvalue weighted by Gasteiger charge is -2.11. The highest BCUT2D eigenvalue weighted by Crippen LogP contribution is 2.30. The summed E-state index contributed by atoms with van der Waals surface area (Å²) in [5, 5.41) is 0. The molecule has 17 heavy (non-hydrogen) atoms. The summed E-state index contributed by atoms with van der Waals surface area (Å²) in [6, 6.07) is 3.33. The number of benzene rings is 1. The lowest BCUT2D eigenvalue weighted by molar-refractivity contribution is -0.132. The van der Waals surface area contributed by atoms with Crippen LogP contribution < -0.4 is 9.47 Å². The Kier molecular flexibility index (Phi) is 4.04. The predicted octanol–water partition coefficient (Wildman–Crippen LogP) is 2.49. The maximum atomic E-state index is 10.9. The molecule has 0 unspecified atom stereocenters. The molecule has 0 radical (unpaired) electrons. The van der Waals surface area contributed by atoms with Crippen molar-refractivity contribution in [2.45, 2.75) is 20.8 Å². The Hall–Kier alpha value is -2.10. The Balaban J connectivity index is 3.24. The van der Waals surface area contributed by atoms with Gasteiger partial charge in [0.2, 0.25) is 0 Å². The molecule has 0 aliphatic rings. The SMILES string of the molecule is C=Cc1cc(OC(C)=O)c(C)c(OC(C)=O)c1. The molecule has 0 heterocycles. The molecule has 1 aromatic carbocycles. The highest BCUT2D eigenvalue weighted by molar-refractivity contribution is 5.73. The minimum Gasteiger partial charge on any atom is -0.426 e. The summed E-state index contributed by atoms with van der Waals surface area (Å²) in [5.74, 6) is -0.122. The predicted molar refractivity (Wildman–Crippen MR) is 63.9 cm³/mol. The van der Waals surface area contributed by atoms with Crippen molar-refractivity contribution in [3.05, 3.63) is 29.8 Å². The average Bonchev–Trinajstić information content (AvgIpc) is 2.22. The van der Waals surface area contributed by atoms with E-state index in [4.69, 9.17) is 9.47 Å². The van der Waals surface area contributed by atoms with Crippen LogP contribution in [0.25, 0.3) is 6.08 Å². The van der Waals surface area contributed by atoms with Gasteiger partial charge in [-0.1, -0.05) is 12.7 Å². The van der Waals surface area contributed by atoms with Crippen LogP contribution in [0, 0.1) is 6.92 Å². The van der Waals surface area contributed by atoms with Crippen LogP contribution in [-0.2, 0) is 9.59 Å². The summed E-state index contributed by atoms with van der Waals surface area (Å²) in [4.78, 5) is 21.9. The van der Waals surface area contributed by atoms with Crippen LogP contribution >= 0.6 is 0 Å². The van der Waals surface area contributed by atoms with Crippen LogP contribution in [0.2, 0.25) is 0 Å². The van der Waals surface area contributed by atoms with Gasteiger partial charge < -0.3 is 9.47 Å². The van der Waals surface area contributed by atoms with Gasteiger partial charge in [0.1, 0.15) is 11.5 Å². The zero-order valence-corrected chi connectivity index (χ0v) is 10.1. The van der Waals surface area contributed by atoms with Gasteiger partial charge in [-0.2, -0.15) is 0 Å². The van der Waals surface area contributed by atoms with Crippen LogP contribution in [0.4, 0.5) is 0 Å². The minimum atomic E-state index is -0.428. The molecular weight excluding hydrogens is 220 g/mol. The molecule has 1 aromatic rings. The smallest absolute Gasteiger partial charge is 0.308 e. The molecular formula is C13H14O4. The number of carbonyl (C=O) groups is 2. The van der Waals surface area contributed by atoms with Crippen LogP contribution in [0.5, 0.6) is 11.5 Å². The van der Waals surface area contributed by atoms with Gasteiger partial charge in [0.05, 0.1) is 0 Å². The average molecular weight is 234 g/mol. The van der Waals surface area contributed by atoms with E-state index in [0.29, 0.717) is 22.6 Å². The van der Waals surface area contributed by atoms with Gasteiger partial charge >= 0.3 is 11.9 Å². The number of ether oxygens (including phenoxy) is 2. The van der Waals surface area contributed by atoms with Gasteiger partial charge in [0.25, 0.3) is 0 Å². The van der Waals surface area contributed by atoms with E-state index in [-0.39, 0.29) is 0 Å². The Labute approximate surface area is 99.8 Å². The maximum Gasteiger partial charge on any atom is 0.308 e. The van der Waals surface area contributed by atoms with Gasteiger partial charge in [-0.3, -0.25) is 9.59 Å². The van der Waals surface area contributed by atoms with Crippen molar-refractivity contribution >= 4 is 18.0 Å². The molecule has 4 nitrogen and oxygen atoms in total. The summed E-state index contributed by atoms with van der Waals surface area (Å²) in [7, 11) is 0. The normalized spacial score (nSPS) is 9.59. The first-order valence-electron chi connectivity index (χ1n) is 5.08. The van der Waals surface area contributed by atoms with Crippen LogP contribution in [0.3, 0.4) is 0 Å². The second-order valence-corrected chi connectivity index (χ2v) is 3.53. The fourth-order valence-electron chi connectivity index (χ4n) is 1.32. The third-order valence-electron chi connectivity index (χ3n) is 2.08. The van der Waals surface area contributed by atoms with Gasteiger partial charge in [-0.25, -0.2) is 0 Å². The first-order chi connectivity index (χ1) is 7.93. The quantitative estimate of drug-likeness (QED) is 0.595. The topological polar surface area (TPSA) is 52.6 Å². The summed E-state index contributed by atoms with van der Waals surface area (Å²) < 4.78 is 10.1. The maximum absolute atomic E-state index is 10.9. The molecule has 0 saturated carbocycles. The van der Waals surface area contributed by atoms with Crippen LogP contribution in [0.15, 0.2) is 18.7 Å². The molecule has 0 fully saturated rings. The molecule has 4 heteroatoms. The lowest BCUT2D eigenvalue weighted by atomic mass is 10.1. The van der Waals surface area contributed by atoms with E-state index >= 15 is 0 Å². The molecule has 0 bridgehead atoms. The van der Waals surface area contributed by atoms with E-state index in [0.717, 1.165) is 0 Å². The van der Waals surface area contributed by atoms with Gasteiger partial charge in [-0.05, 0) is 24.6 Å². The largest absolute Gasteiger partial charge is 0.426 e. The fourth-order valence-corrected chi connectivity index (χ4v) is 1.32. The fraction of sp³-hybridized carbons (Fsp3) is 0.231. The Morgan fingerprint density at radius 1 is 1.12 bits per heavy atom. The molecule has 90 valence electrons. The van der Waals surface area contributed by atoms with Gasteiger partial charge in [-0.15, -0.1) is 0 Å². The zero-order chi connectivity index (χ0) is 13.0. The molecule has 0 saturated heterocycles. The number of hydrogen-bond acceptors (Lipinski definition) is 4. The van der Waals surface area contributed by atoms with E-state index in [9.17, 15) is 9.59 Å². The van der Waals surface area contributed by atoms with Crippen molar-refractivity contribution in [2.75, 3.05) is 0 Å². The first-order valence-corrected chi connectivity index (χ1v) is 5.08. The van der Waals surface area contributed by atoms with E-state index < -0.39 is 11.9 Å². The molecule has 1 rings (SSSR count). The highest BCUT2D eigenvalue weighted by Gasteiger charge is 2.11. The summed E-state index contributed by atoms with van der Waals surface area (Å²) in [6.45, 7) is 7.95. The van der Waals surface area contributed by atoms with Gasteiger partial charge in [0, 0.05) is 19.4 Å². The highest BCUT2D eigenvalue weighted by atomic mass is 16.5. The molecule has 0 amide bonds. The Bertz CT molecular complexity index is 437. The van der Waals surface area contributed by atoms with Crippen molar-refractivity contribution in [3.8, 4) is 11.5 Å². The second-order valence-electron chi connectivity index (χ2n) is 3.53. The second kappa shape index (κ2) is 5.30. The zero-order valence-electron chi connectivity index (χ0n) is 10.1. The molecule has 0 aliphatic heterocycles.